The van der Waals surface area contributed by atoms with Crippen LogP contribution in [-0.4, -0.2) is 6.61 Å². The molecule has 0 unspecified atom stereocenters. The standard InChI is InChI=1S/C14H12F3NO/c1-2-19-13-7-8(3-4-12(13)18)9-5-10(15)14(17)11(16)6-9/h3-7H,2,18H2,1H3. The third kappa shape index (κ3) is 2.65. The number of halogens is 3. The second-order valence-electron chi connectivity index (χ2n) is 3.94. The van der Waals surface area contributed by atoms with Crippen molar-refractivity contribution in [3.05, 3.63) is 47.8 Å². The van der Waals surface area contributed by atoms with Gasteiger partial charge in [0.2, 0.25) is 0 Å². The van der Waals surface area contributed by atoms with Crippen molar-refractivity contribution in [1.82, 2.24) is 0 Å². The highest BCUT2D eigenvalue weighted by Crippen LogP contribution is 2.30. The number of hydrogen-bond acceptors (Lipinski definition) is 2. The third-order valence-corrected chi connectivity index (χ3v) is 2.63. The van der Waals surface area contributed by atoms with E-state index in [2.05, 4.69) is 0 Å². The Balaban J connectivity index is 2.50. The predicted molar refractivity (Wildman–Crippen MR) is 67.3 cm³/mol. The van der Waals surface area contributed by atoms with Crippen LogP contribution in [0.15, 0.2) is 30.3 Å². The molecule has 0 aromatic heterocycles. The molecule has 0 aliphatic carbocycles. The summed E-state index contributed by atoms with van der Waals surface area (Å²) in [5.41, 5.74) is 6.84. The summed E-state index contributed by atoms with van der Waals surface area (Å²) in [4.78, 5) is 0. The Morgan fingerprint density at radius 1 is 1.00 bits per heavy atom. The first-order chi connectivity index (χ1) is 9.02. The van der Waals surface area contributed by atoms with Gasteiger partial charge in [-0.15, -0.1) is 0 Å². The van der Waals surface area contributed by atoms with Crippen molar-refractivity contribution < 1.29 is 17.9 Å². The second-order valence-corrected chi connectivity index (χ2v) is 3.94. The summed E-state index contributed by atoms with van der Waals surface area (Å²) >= 11 is 0. The monoisotopic (exact) mass is 267 g/mol. The van der Waals surface area contributed by atoms with E-state index >= 15 is 0 Å². The minimum Gasteiger partial charge on any atom is -0.492 e. The van der Waals surface area contributed by atoms with Crippen LogP contribution in [0.4, 0.5) is 18.9 Å². The summed E-state index contributed by atoms with van der Waals surface area (Å²) in [6.45, 7) is 2.21. The van der Waals surface area contributed by atoms with E-state index in [1.54, 1.807) is 25.1 Å². The average Bonchev–Trinajstić information content (AvgIpc) is 2.38. The van der Waals surface area contributed by atoms with E-state index in [9.17, 15) is 13.2 Å². The summed E-state index contributed by atoms with van der Waals surface area (Å²) in [6, 6.07) is 6.58. The Bertz CT molecular complexity index is 591. The lowest BCUT2D eigenvalue weighted by atomic mass is 10.0. The first kappa shape index (κ1) is 13.3. The highest BCUT2D eigenvalue weighted by molar-refractivity contribution is 5.70. The van der Waals surface area contributed by atoms with Crippen LogP contribution < -0.4 is 10.5 Å². The Hall–Kier alpha value is -2.17. The van der Waals surface area contributed by atoms with Gasteiger partial charge in [-0.25, -0.2) is 13.2 Å². The zero-order chi connectivity index (χ0) is 14.0. The van der Waals surface area contributed by atoms with Crippen molar-refractivity contribution in [3.8, 4) is 16.9 Å². The zero-order valence-electron chi connectivity index (χ0n) is 10.2. The maximum Gasteiger partial charge on any atom is 0.194 e. The van der Waals surface area contributed by atoms with Crippen molar-refractivity contribution in [3.63, 3.8) is 0 Å². The summed E-state index contributed by atoms with van der Waals surface area (Å²) in [5, 5.41) is 0. The quantitative estimate of drug-likeness (QED) is 0.679. The number of anilines is 1. The maximum absolute atomic E-state index is 13.2. The molecule has 100 valence electrons. The van der Waals surface area contributed by atoms with Crippen LogP contribution in [0, 0.1) is 17.5 Å². The molecule has 2 rings (SSSR count). The zero-order valence-corrected chi connectivity index (χ0v) is 10.2. The molecule has 0 bridgehead atoms. The summed E-state index contributed by atoms with van der Waals surface area (Å²) < 4.78 is 44.6. The van der Waals surface area contributed by atoms with Gasteiger partial charge in [0, 0.05) is 0 Å². The average molecular weight is 267 g/mol. The lowest BCUT2D eigenvalue weighted by molar-refractivity contribution is 0.342. The van der Waals surface area contributed by atoms with E-state index in [0.29, 0.717) is 23.6 Å². The Morgan fingerprint density at radius 3 is 2.21 bits per heavy atom. The molecule has 0 fully saturated rings. The minimum absolute atomic E-state index is 0.220. The normalized spacial score (nSPS) is 10.5. The SMILES string of the molecule is CCOc1cc(-c2cc(F)c(F)c(F)c2)ccc1N. The maximum atomic E-state index is 13.2. The van der Waals surface area contributed by atoms with E-state index < -0.39 is 17.5 Å². The Labute approximate surface area is 108 Å². The van der Waals surface area contributed by atoms with Crippen LogP contribution in [0.1, 0.15) is 6.92 Å². The van der Waals surface area contributed by atoms with Gasteiger partial charge >= 0.3 is 0 Å². The van der Waals surface area contributed by atoms with Crippen molar-refractivity contribution in [2.45, 2.75) is 6.92 Å². The van der Waals surface area contributed by atoms with Crippen LogP contribution in [0.5, 0.6) is 5.75 Å². The molecule has 0 saturated carbocycles. The molecule has 0 radical (unpaired) electrons. The van der Waals surface area contributed by atoms with Crippen molar-refractivity contribution >= 4 is 5.69 Å². The molecular weight excluding hydrogens is 255 g/mol. The van der Waals surface area contributed by atoms with E-state index in [4.69, 9.17) is 10.5 Å². The van der Waals surface area contributed by atoms with Crippen LogP contribution in [-0.2, 0) is 0 Å². The van der Waals surface area contributed by atoms with Gasteiger partial charge < -0.3 is 10.5 Å². The van der Waals surface area contributed by atoms with Crippen LogP contribution in [0.2, 0.25) is 0 Å². The molecule has 19 heavy (non-hydrogen) atoms. The molecule has 0 saturated heterocycles. The molecule has 5 heteroatoms. The fraction of sp³-hybridized carbons (Fsp3) is 0.143. The van der Waals surface area contributed by atoms with E-state index in [0.717, 1.165) is 12.1 Å². The first-order valence-electron chi connectivity index (χ1n) is 5.70. The van der Waals surface area contributed by atoms with Crippen molar-refractivity contribution in [1.29, 1.82) is 0 Å². The van der Waals surface area contributed by atoms with E-state index in [1.165, 1.54) is 0 Å². The van der Waals surface area contributed by atoms with Gasteiger partial charge in [-0.05, 0) is 42.3 Å². The molecule has 2 N–H and O–H groups in total. The van der Waals surface area contributed by atoms with Crippen molar-refractivity contribution in [2.75, 3.05) is 12.3 Å². The van der Waals surface area contributed by atoms with Gasteiger partial charge in [0.1, 0.15) is 5.75 Å². The Kier molecular flexibility index (Phi) is 3.64. The molecular formula is C14H12F3NO. The second kappa shape index (κ2) is 5.22. The number of benzene rings is 2. The molecule has 0 atom stereocenters. The highest BCUT2D eigenvalue weighted by Gasteiger charge is 2.12. The lowest BCUT2D eigenvalue weighted by Crippen LogP contribution is -1.97. The van der Waals surface area contributed by atoms with Gasteiger partial charge in [-0.2, -0.15) is 0 Å². The molecule has 0 amide bonds. The van der Waals surface area contributed by atoms with Crippen LogP contribution in [0.25, 0.3) is 11.1 Å². The summed E-state index contributed by atoms with van der Waals surface area (Å²) in [5.74, 6) is -3.52. The number of rotatable bonds is 3. The fourth-order valence-electron chi connectivity index (χ4n) is 1.72. The summed E-state index contributed by atoms with van der Waals surface area (Å²) in [7, 11) is 0. The molecule has 0 spiro atoms. The fourth-order valence-corrected chi connectivity index (χ4v) is 1.72. The molecule has 2 aromatic rings. The Morgan fingerprint density at radius 2 is 1.63 bits per heavy atom. The number of nitrogen functional groups attached to an aromatic ring is 1. The lowest BCUT2D eigenvalue weighted by Gasteiger charge is -2.10. The molecule has 0 aliphatic rings. The topological polar surface area (TPSA) is 35.2 Å². The molecule has 2 nitrogen and oxygen atoms in total. The van der Waals surface area contributed by atoms with Gasteiger partial charge in [0.05, 0.1) is 12.3 Å². The third-order valence-electron chi connectivity index (χ3n) is 2.63. The van der Waals surface area contributed by atoms with Crippen LogP contribution >= 0.6 is 0 Å². The van der Waals surface area contributed by atoms with Gasteiger partial charge in [0.15, 0.2) is 17.5 Å². The minimum atomic E-state index is -1.48. The molecule has 0 heterocycles. The summed E-state index contributed by atoms with van der Waals surface area (Å²) in [6.07, 6.45) is 0. The largest absolute Gasteiger partial charge is 0.492 e. The number of hydrogen-bond donors (Lipinski definition) is 1. The number of nitrogens with two attached hydrogens (primary N) is 1. The van der Waals surface area contributed by atoms with E-state index in [-0.39, 0.29) is 5.56 Å². The number of ether oxygens (including phenoxy) is 1. The highest BCUT2D eigenvalue weighted by atomic mass is 19.2. The van der Waals surface area contributed by atoms with Crippen molar-refractivity contribution in [2.24, 2.45) is 0 Å². The first-order valence-corrected chi connectivity index (χ1v) is 5.70. The smallest absolute Gasteiger partial charge is 0.194 e. The van der Waals surface area contributed by atoms with Gasteiger partial charge in [0.25, 0.3) is 0 Å². The molecule has 0 aliphatic heterocycles. The molecule has 2 aromatic carbocycles. The predicted octanol–water partition coefficient (Wildman–Crippen LogP) is 3.75. The van der Waals surface area contributed by atoms with Gasteiger partial charge in [-0.1, -0.05) is 6.07 Å². The van der Waals surface area contributed by atoms with Crippen LogP contribution in [0.3, 0.4) is 0 Å². The van der Waals surface area contributed by atoms with E-state index in [1.807, 2.05) is 0 Å². The van der Waals surface area contributed by atoms with Gasteiger partial charge in [-0.3, -0.25) is 0 Å².